The van der Waals surface area contributed by atoms with Gasteiger partial charge in [-0.15, -0.1) is 0 Å². The van der Waals surface area contributed by atoms with Crippen LogP contribution in [-0.4, -0.2) is 5.78 Å². The van der Waals surface area contributed by atoms with Crippen LogP contribution in [0.2, 0.25) is 0 Å². The number of ketones is 1. The number of hydrogen-bond donors (Lipinski definition) is 0. The number of allylic oxidation sites excluding steroid dienone is 6. The molecule has 1 nitrogen and oxygen atoms in total. The van der Waals surface area contributed by atoms with Crippen LogP contribution in [0.25, 0.3) is 0 Å². The van der Waals surface area contributed by atoms with Gasteiger partial charge in [-0.1, -0.05) is 25.0 Å². The zero-order chi connectivity index (χ0) is 13.5. The molecular formula is C17H26O. The first-order chi connectivity index (χ1) is 8.54. The van der Waals surface area contributed by atoms with Gasteiger partial charge in [-0.2, -0.15) is 0 Å². The van der Waals surface area contributed by atoms with Crippen LogP contribution in [0.5, 0.6) is 0 Å². The largest absolute Gasteiger partial charge is 0.295 e. The van der Waals surface area contributed by atoms with E-state index >= 15 is 0 Å². The number of carbonyl (C=O) groups is 1. The van der Waals surface area contributed by atoms with E-state index in [-0.39, 0.29) is 5.78 Å². The first kappa shape index (κ1) is 14.9. The maximum absolute atomic E-state index is 11.8. The molecule has 0 spiro atoms. The van der Waals surface area contributed by atoms with Crippen LogP contribution in [0.15, 0.2) is 34.4 Å². The Kier molecular flexibility index (Phi) is 6.11. The molecule has 0 saturated heterocycles. The Bertz CT molecular complexity index is 394. The van der Waals surface area contributed by atoms with Gasteiger partial charge in [-0.3, -0.25) is 4.79 Å². The topological polar surface area (TPSA) is 17.1 Å². The minimum atomic E-state index is 0.237. The van der Waals surface area contributed by atoms with Crippen molar-refractivity contribution in [2.45, 2.75) is 66.2 Å². The highest BCUT2D eigenvalue weighted by atomic mass is 16.1. The summed E-state index contributed by atoms with van der Waals surface area (Å²) in [5.41, 5.74) is 4.76. The van der Waals surface area contributed by atoms with Crippen molar-refractivity contribution < 1.29 is 4.79 Å². The van der Waals surface area contributed by atoms with Gasteiger partial charge in [0.05, 0.1) is 0 Å². The lowest BCUT2D eigenvalue weighted by molar-refractivity contribution is -0.113. The predicted octanol–water partition coefficient (Wildman–Crippen LogP) is 5.14. The number of carbonyl (C=O) groups excluding carboxylic acids is 1. The highest BCUT2D eigenvalue weighted by molar-refractivity contribution is 5.94. The number of Topliss-reactive ketones (excluding diaryl/α,β-unsaturated/α-hetero) is 1. The van der Waals surface area contributed by atoms with Crippen LogP contribution < -0.4 is 0 Å². The maximum Gasteiger partial charge on any atom is 0.156 e. The van der Waals surface area contributed by atoms with Crippen LogP contribution in [0, 0.1) is 0 Å². The quantitative estimate of drug-likeness (QED) is 0.626. The average Bonchev–Trinajstić information content (AvgIpc) is 2.33. The third-order valence-corrected chi connectivity index (χ3v) is 3.95. The van der Waals surface area contributed by atoms with Crippen LogP contribution in [0.3, 0.4) is 0 Å². The molecule has 0 N–H and O–H groups in total. The molecule has 0 aromatic rings. The van der Waals surface area contributed by atoms with Crippen molar-refractivity contribution in [1.82, 2.24) is 0 Å². The molecule has 0 radical (unpaired) electrons. The van der Waals surface area contributed by atoms with Crippen molar-refractivity contribution in [2.75, 3.05) is 0 Å². The molecule has 0 atom stereocenters. The van der Waals surface area contributed by atoms with E-state index in [1.807, 2.05) is 0 Å². The van der Waals surface area contributed by atoms with E-state index in [2.05, 4.69) is 32.9 Å². The fourth-order valence-corrected chi connectivity index (χ4v) is 2.45. The average molecular weight is 246 g/mol. The summed E-state index contributed by atoms with van der Waals surface area (Å²) in [6.07, 6.45) is 11.5. The van der Waals surface area contributed by atoms with Gasteiger partial charge in [-0.05, 0) is 75.7 Å². The fraction of sp³-hybridized carbons (Fsp3) is 0.588. The van der Waals surface area contributed by atoms with E-state index in [4.69, 9.17) is 0 Å². The third-order valence-electron chi connectivity index (χ3n) is 3.95. The van der Waals surface area contributed by atoms with E-state index in [1.54, 1.807) is 6.92 Å². The second-order valence-electron chi connectivity index (χ2n) is 5.32. The van der Waals surface area contributed by atoms with Crippen molar-refractivity contribution >= 4 is 5.78 Å². The molecule has 18 heavy (non-hydrogen) atoms. The zero-order valence-corrected chi connectivity index (χ0v) is 12.3. The third kappa shape index (κ3) is 4.29. The van der Waals surface area contributed by atoms with Crippen LogP contribution in [-0.2, 0) is 4.79 Å². The van der Waals surface area contributed by atoms with E-state index in [9.17, 15) is 4.79 Å². The Morgan fingerprint density at radius 2 is 1.67 bits per heavy atom. The highest BCUT2D eigenvalue weighted by Gasteiger charge is 2.10. The zero-order valence-electron chi connectivity index (χ0n) is 12.3. The summed E-state index contributed by atoms with van der Waals surface area (Å²) < 4.78 is 0. The minimum Gasteiger partial charge on any atom is -0.295 e. The standard InChI is InChI=1S/C17H26O/c1-13-11-9-7-5-6-8-10-12-17(16(4)18)15(3)14(13)2/h9,11H,5-8,10,12H2,1-4H3/b11-9-,14-13-,17-15+. The summed E-state index contributed by atoms with van der Waals surface area (Å²) in [4.78, 5) is 11.8. The molecule has 0 unspecified atom stereocenters. The van der Waals surface area contributed by atoms with Gasteiger partial charge < -0.3 is 0 Å². The monoisotopic (exact) mass is 246 g/mol. The Hall–Kier alpha value is -1.11. The van der Waals surface area contributed by atoms with Crippen LogP contribution >= 0.6 is 0 Å². The van der Waals surface area contributed by atoms with Crippen molar-refractivity contribution in [1.29, 1.82) is 0 Å². The predicted molar refractivity (Wildman–Crippen MR) is 78.6 cm³/mol. The van der Waals surface area contributed by atoms with Crippen molar-refractivity contribution in [3.8, 4) is 0 Å². The van der Waals surface area contributed by atoms with Crippen LogP contribution in [0.1, 0.15) is 66.2 Å². The van der Waals surface area contributed by atoms with Gasteiger partial charge in [-0.25, -0.2) is 0 Å². The first-order valence-corrected chi connectivity index (χ1v) is 7.09. The molecule has 0 aliphatic heterocycles. The fourth-order valence-electron chi connectivity index (χ4n) is 2.45. The van der Waals surface area contributed by atoms with Gasteiger partial charge in [0, 0.05) is 0 Å². The first-order valence-electron chi connectivity index (χ1n) is 7.09. The normalized spacial score (nSPS) is 29.3. The number of hydrogen-bond acceptors (Lipinski definition) is 1. The van der Waals surface area contributed by atoms with Gasteiger partial charge >= 0.3 is 0 Å². The second kappa shape index (κ2) is 7.35. The molecule has 1 rings (SSSR count). The molecule has 0 saturated carbocycles. The minimum absolute atomic E-state index is 0.237. The highest BCUT2D eigenvalue weighted by Crippen LogP contribution is 2.24. The van der Waals surface area contributed by atoms with E-state index in [0.29, 0.717) is 0 Å². The number of rotatable bonds is 1. The van der Waals surface area contributed by atoms with E-state index in [0.717, 1.165) is 18.4 Å². The molecule has 100 valence electrons. The summed E-state index contributed by atoms with van der Waals surface area (Å²) >= 11 is 0. The Balaban J connectivity index is 3.12. The van der Waals surface area contributed by atoms with Crippen molar-refractivity contribution in [2.24, 2.45) is 0 Å². The summed E-state index contributed by atoms with van der Waals surface area (Å²) in [5, 5.41) is 0. The second-order valence-corrected chi connectivity index (χ2v) is 5.32. The molecule has 0 amide bonds. The molecule has 0 bridgehead atoms. The van der Waals surface area contributed by atoms with Crippen molar-refractivity contribution in [3.05, 3.63) is 34.4 Å². The lowest BCUT2D eigenvalue weighted by atomic mass is 9.92. The Morgan fingerprint density at radius 3 is 2.33 bits per heavy atom. The molecule has 0 heterocycles. The van der Waals surface area contributed by atoms with Gasteiger partial charge in [0.15, 0.2) is 5.78 Å². The molecule has 0 aromatic carbocycles. The van der Waals surface area contributed by atoms with Crippen molar-refractivity contribution in [3.63, 3.8) is 0 Å². The molecule has 0 fully saturated rings. The molecule has 0 aromatic heterocycles. The lowest BCUT2D eigenvalue weighted by Gasteiger charge is -2.13. The summed E-state index contributed by atoms with van der Waals surface area (Å²) in [7, 11) is 0. The maximum atomic E-state index is 11.8. The van der Waals surface area contributed by atoms with Crippen LogP contribution in [0.4, 0.5) is 0 Å². The van der Waals surface area contributed by atoms with Gasteiger partial charge in [0.1, 0.15) is 0 Å². The summed E-state index contributed by atoms with van der Waals surface area (Å²) in [5.74, 6) is 0.237. The lowest BCUT2D eigenvalue weighted by Crippen LogP contribution is -2.02. The Labute approximate surface area is 112 Å². The van der Waals surface area contributed by atoms with Gasteiger partial charge in [0.2, 0.25) is 0 Å². The molecule has 1 aliphatic carbocycles. The molecule has 1 aliphatic rings. The van der Waals surface area contributed by atoms with Gasteiger partial charge in [0.25, 0.3) is 0 Å². The molecule has 1 heteroatoms. The Morgan fingerprint density at radius 1 is 1.00 bits per heavy atom. The summed E-state index contributed by atoms with van der Waals surface area (Å²) in [6.45, 7) is 8.06. The van der Waals surface area contributed by atoms with E-state index in [1.165, 1.54) is 42.4 Å². The molecular weight excluding hydrogens is 220 g/mol. The smallest absolute Gasteiger partial charge is 0.156 e. The van der Waals surface area contributed by atoms with E-state index < -0.39 is 0 Å². The summed E-state index contributed by atoms with van der Waals surface area (Å²) in [6, 6.07) is 0. The SMILES string of the molecule is CC(=O)/C1=C(C)/C(C)=C(C)\C=C/CCCCCC1.